The molecule has 0 aliphatic rings. The minimum atomic E-state index is -0.387. The molecule has 17 heavy (non-hydrogen) atoms. The number of primary amides is 1. The molecule has 1 heterocycles. The van der Waals surface area contributed by atoms with E-state index >= 15 is 0 Å². The van der Waals surface area contributed by atoms with Crippen LogP contribution in [0.5, 0.6) is 0 Å². The van der Waals surface area contributed by atoms with E-state index in [1.807, 2.05) is 13.0 Å². The molecule has 0 fully saturated rings. The minimum absolute atomic E-state index is 0.371. The smallest absolute Gasteiger partial charge is 0.251 e. The van der Waals surface area contributed by atoms with Crippen LogP contribution in [-0.4, -0.2) is 10.5 Å². The molecule has 0 aliphatic carbocycles. The number of rotatable bonds is 5. The second-order valence-electron chi connectivity index (χ2n) is 4.23. The molecule has 4 heteroatoms. The molecule has 3 nitrogen and oxygen atoms in total. The van der Waals surface area contributed by atoms with Crippen molar-refractivity contribution in [1.29, 1.82) is 0 Å². The number of allylic oxidation sites excluding steroid dienone is 1. The van der Waals surface area contributed by atoms with Crippen LogP contribution in [0.4, 0.5) is 0 Å². The van der Waals surface area contributed by atoms with Crippen LogP contribution in [0.2, 0.25) is 0 Å². The van der Waals surface area contributed by atoms with Crippen molar-refractivity contribution in [3.8, 4) is 0 Å². The maximum absolute atomic E-state index is 11.5. The van der Waals surface area contributed by atoms with Crippen molar-refractivity contribution in [2.24, 2.45) is 5.73 Å². The maximum Gasteiger partial charge on any atom is 0.251 e. The average Bonchev–Trinajstić information content (AvgIpc) is 2.50. The molecule has 0 saturated carbocycles. The normalized spacial score (nSPS) is 12.5. The van der Waals surface area contributed by atoms with Gasteiger partial charge >= 0.3 is 0 Å². The number of halogens is 1. The SMILES string of the molecule is C=CCn1c(C)c(C(N)=O)c(Br)c1C(C)CC. The van der Waals surface area contributed by atoms with Crippen LogP contribution in [0.25, 0.3) is 0 Å². The molecule has 1 aromatic heterocycles. The number of carbonyl (C=O) groups excluding carboxylic acids is 1. The van der Waals surface area contributed by atoms with Crippen LogP contribution >= 0.6 is 15.9 Å². The molecule has 0 spiro atoms. The van der Waals surface area contributed by atoms with Gasteiger partial charge in [0.1, 0.15) is 0 Å². The highest BCUT2D eigenvalue weighted by Crippen LogP contribution is 2.34. The van der Waals surface area contributed by atoms with Gasteiger partial charge in [-0.05, 0) is 35.2 Å². The first kappa shape index (κ1) is 14.0. The van der Waals surface area contributed by atoms with Crippen molar-refractivity contribution in [3.63, 3.8) is 0 Å². The standard InChI is InChI=1S/C13H19BrN2O/c1-5-7-16-9(4)10(13(15)17)11(14)12(16)8(3)6-2/h5,8H,1,6-7H2,2-4H3,(H2,15,17). The molecule has 0 saturated heterocycles. The van der Waals surface area contributed by atoms with E-state index in [9.17, 15) is 4.79 Å². The topological polar surface area (TPSA) is 48.0 Å². The van der Waals surface area contributed by atoms with Gasteiger partial charge in [-0.2, -0.15) is 0 Å². The van der Waals surface area contributed by atoms with Crippen molar-refractivity contribution in [3.05, 3.63) is 34.1 Å². The summed E-state index contributed by atoms with van der Waals surface area (Å²) in [5, 5.41) is 0. The second kappa shape index (κ2) is 5.54. The monoisotopic (exact) mass is 298 g/mol. The van der Waals surface area contributed by atoms with Gasteiger partial charge in [-0.15, -0.1) is 6.58 Å². The maximum atomic E-state index is 11.5. The largest absolute Gasteiger partial charge is 0.366 e. The number of hydrogen-bond acceptors (Lipinski definition) is 1. The van der Waals surface area contributed by atoms with Crippen molar-refractivity contribution in [2.45, 2.75) is 39.7 Å². The van der Waals surface area contributed by atoms with Gasteiger partial charge < -0.3 is 10.3 Å². The molecule has 1 unspecified atom stereocenters. The average molecular weight is 299 g/mol. The molecule has 0 radical (unpaired) electrons. The van der Waals surface area contributed by atoms with E-state index in [0.717, 1.165) is 22.3 Å². The van der Waals surface area contributed by atoms with Crippen LogP contribution in [0.1, 0.15) is 47.9 Å². The van der Waals surface area contributed by atoms with Gasteiger partial charge in [0, 0.05) is 17.9 Å². The Kier molecular flexibility index (Phi) is 4.57. The Morgan fingerprint density at radius 1 is 1.65 bits per heavy atom. The predicted octanol–water partition coefficient (Wildman–Crippen LogP) is 3.36. The molecule has 1 atom stereocenters. The van der Waals surface area contributed by atoms with Crippen LogP contribution in [0.3, 0.4) is 0 Å². The number of nitrogens with zero attached hydrogens (tertiary/aromatic N) is 1. The molecule has 0 bridgehead atoms. The fraction of sp³-hybridized carbons (Fsp3) is 0.462. The van der Waals surface area contributed by atoms with E-state index in [1.54, 1.807) is 0 Å². The summed E-state index contributed by atoms with van der Waals surface area (Å²) < 4.78 is 2.93. The molecule has 1 rings (SSSR count). The van der Waals surface area contributed by atoms with Crippen LogP contribution < -0.4 is 5.73 Å². The Hall–Kier alpha value is -1.03. The van der Waals surface area contributed by atoms with Gasteiger partial charge in [0.05, 0.1) is 10.0 Å². The van der Waals surface area contributed by atoms with Crippen molar-refractivity contribution in [1.82, 2.24) is 4.57 Å². The summed E-state index contributed by atoms with van der Waals surface area (Å²) in [6.45, 7) is 10.6. The van der Waals surface area contributed by atoms with Crippen LogP contribution in [0.15, 0.2) is 17.1 Å². The third kappa shape index (κ3) is 2.46. The first-order valence-corrected chi connectivity index (χ1v) is 6.54. The highest BCUT2D eigenvalue weighted by atomic mass is 79.9. The predicted molar refractivity (Wildman–Crippen MR) is 74.3 cm³/mol. The van der Waals surface area contributed by atoms with E-state index in [-0.39, 0.29) is 5.91 Å². The highest BCUT2D eigenvalue weighted by molar-refractivity contribution is 9.10. The Balaban J connectivity index is 3.50. The molecule has 1 aromatic rings. The summed E-state index contributed by atoms with van der Waals surface area (Å²) in [4.78, 5) is 11.5. The Bertz CT molecular complexity index is 449. The Morgan fingerprint density at radius 2 is 2.24 bits per heavy atom. The summed E-state index contributed by atoms with van der Waals surface area (Å²) in [6, 6.07) is 0. The van der Waals surface area contributed by atoms with Crippen molar-refractivity contribution < 1.29 is 4.79 Å². The highest BCUT2D eigenvalue weighted by Gasteiger charge is 2.23. The Labute approximate surface area is 111 Å². The van der Waals surface area contributed by atoms with Crippen molar-refractivity contribution >= 4 is 21.8 Å². The van der Waals surface area contributed by atoms with Crippen molar-refractivity contribution in [2.75, 3.05) is 0 Å². The number of nitrogens with two attached hydrogens (primary N) is 1. The number of hydrogen-bond donors (Lipinski definition) is 1. The van der Waals surface area contributed by atoms with Gasteiger partial charge in [0.25, 0.3) is 5.91 Å². The minimum Gasteiger partial charge on any atom is -0.366 e. The zero-order valence-corrected chi connectivity index (χ0v) is 12.2. The van der Waals surface area contributed by atoms with Gasteiger partial charge in [0.15, 0.2) is 0 Å². The van der Waals surface area contributed by atoms with Crippen LogP contribution in [0, 0.1) is 6.92 Å². The third-order valence-corrected chi connectivity index (χ3v) is 3.94. The zero-order chi connectivity index (χ0) is 13.2. The first-order chi connectivity index (χ1) is 7.95. The molecule has 2 N–H and O–H groups in total. The number of aromatic nitrogens is 1. The summed E-state index contributed by atoms with van der Waals surface area (Å²) >= 11 is 3.51. The molecule has 94 valence electrons. The lowest BCUT2D eigenvalue weighted by Gasteiger charge is -2.14. The van der Waals surface area contributed by atoms with Gasteiger partial charge in [-0.3, -0.25) is 4.79 Å². The van der Waals surface area contributed by atoms with Gasteiger partial charge in [-0.1, -0.05) is 19.9 Å². The first-order valence-electron chi connectivity index (χ1n) is 5.74. The van der Waals surface area contributed by atoms with E-state index in [4.69, 9.17) is 5.73 Å². The van der Waals surface area contributed by atoms with E-state index < -0.39 is 0 Å². The summed E-state index contributed by atoms with van der Waals surface area (Å²) in [6.07, 6.45) is 2.84. The zero-order valence-electron chi connectivity index (χ0n) is 10.6. The molecule has 0 aliphatic heterocycles. The van der Waals surface area contributed by atoms with Gasteiger partial charge in [-0.25, -0.2) is 0 Å². The second-order valence-corrected chi connectivity index (χ2v) is 5.03. The molecule has 0 aromatic carbocycles. The van der Waals surface area contributed by atoms with Crippen LogP contribution in [-0.2, 0) is 6.54 Å². The number of carbonyl (C=O) groups is 1. The number of amides is 1. The summed E-state index contributed by atoms with van der Waals surface area (Å²) in [5.41, 5.74) is 8.04. The van der Waals surface area contributed by atoms with Gasteiger partial charge in [0.2, 0.25) is 0 Å². The molecular formula is C13H19BrN2O. The quantitative estimate of drug-likeness (QED) is 0.833. The Morgan fingerprint density at radius 3 is 2.65 bits per heavy atom. The summed E-state index contributed by atoms with van der Waals surface area (Å²) in [5.74, 6) is -0.0159. The van der Waals surface area contributed by atoms with E-state index in [0.29, 0.717) is 18.0 Å². The lowest BCUT2D eigenvalue weighted by Crippen LogP contribution is -2.13. The molecule has 1 amide bonds. The molecular weight excluding hydrogens is 280 g/mol. The summed E-state index contributed by atoms with van der Waals surface area (Å²) in [7, 11) is 0. The fourth-order valence-corrected chi connectivity index (χ4v) is 3.13. The third-order valence-electron chi connectivity index (χ3n) is 3.14. The van der Waals surface area contributed by atoms with E-state index in [1.165, 1.54) is 0 Å². The van der Waals surface area contributed by atoms with E-state index in [2.05, 4.69) is 40.9 Å². The fourth-order valence-electron chi connectivity index (χ4n) is 2.05. The lowest BCUT2D eigenvalue weighted by molar-refractivity contribution is 0.0999. The lowest BCUT2D eigenvalue weighted by atomic mass is 10.0.